The summed E-state index contributed by atoms with van der Waals surface area (Å²) in [6.45, 7) is 16.1. The fourth-order valence-electron chi connectivity index (χ4n) is 1.70. The normalized spacial score (nSPS) is 13.8. The first-order valence-corrected chi connectivity index (χ1v) is 6.55. The van der Waals surface area contributed by atoms with Crippen LogP contribution in [0.25, 0.3) is 0 Å². The molecule has 0 aromatic heterocycles. The Hall–Kier alpha value is -0.0800. The van der Waals surface area contributed by atoms with Gasteiger partial charge in [-0.15, -0.1) is 0 Å². The summed E-state index contributed by atoms with van der Waals surface area (Å²) in [6.07, 6.45) is 2.63. The molecule has 0 radical (unpaired) electrons. The highest BCUT2D eigenvalue weighted by Gasteiger charge is 2.08. The summed E-state index contributed by atoms with van der Waals surface area (Å²) in [5, 5.41) is 3.50. The Morgan fingerprint density at radius 2 is 1.80 bits per heavy atom. The van der Waals surface area contributed by atoms with Crippen molar-refractivity contribution in [1.29, 1.82) is 0 Å². The van der Waals surface area contributed by atoms with Gasteiger partial charge in [0.05, 0.1) is 0 Å². The van der Waals surface area contributed by atoms with Crippen LogP contribution in [0, 0.1) is 5.92 Å². The van der Waals surface area contributed by atoms with Crippen molar-refractivity contribution < 1.29 is 0 Å². The molecule has 0 aliphatic heterocycles. The Labute approximate surface area is 96.4 Å². The summed E-state index contributed by atoms with van der Waals surface area (Å²) in [5.41, 5.74) is 0. The van der Waals surface area contributed by atoms with Gasteiger partial charge in [-0.25, -0.2) is 0 Å². The highest BCUT2D eigenvalue weighted by Crippen LogP contribution is 2.01. The molecule has 0 aliphatic rings. The summed E-state index contributed by atoms with van der Waals surface area (Å²) in [4.78, 5) is 2.57. The third-order valence-electron chi connectivity index (χ3n) is 2.72. The molecule has 0 saturated heterocycles. The highest BCUT2D eigenvalue weighted by molar-refractivity contribution is 4.65. The minimum atomic E-state index is 0.609. The van der Waals surface area contributed by atoms with E-state index < -0.39 is 0 Å². The average Bonchev–Trinajstić information content (AvgIpc) is 2.21. The number of unbranched alkanes of at least 4 members (excludes halogenated alkanes) is 1. The Morgan fingerprint density at radius 3 is 2.27 bits per heavy atom. The van der Waals surface area contributed by atoms with Crippen LogP contribution < -0.4 is 5.32 Å². The molecule has 2 heteroatoms. The molecular formula is C13H30N2. The van der Waals surface area contributed by atoms with E-state index in [1.165, 1.54) is 32.5 Å². The molecule has 0 aliphatic carbocycles. The second-order valence-corrected chi connectivity index (χ2v) is 4.91. The van der Waals surface area contributed by atoms with Crippen molar-refractivity contribution in [3.63, 3.8) is 0 Å². The van der Waals surface area contributed by atoms with E-state index in [0.717, 1.165) is 12.5 Å². The summed E-state index contributed by atoms with van der Waals surface area (Å²) < 4.78 is 0. The first kappa shape index (κ1) is 14.9. The van der Waals surface area contributed by atoms with E-state index in [4.69, 9.17) is 0 Å². The average molecular weight is 214 g/mol. The lowest BCUT2D eigenvalue weighted by Gasteiger charge is -2.24. The van der Waals surface area contributed by atoms with Crippen molar-refractivity contribution in [1.82, 2.24) is 10.2 Å². The number of nitrogens with one attached hydrogen (secondary N) is 1. The lowest BCUT2D eigenvalue weighted by Crippen LogP contribution is -2.36. The van der Waals surface area contributed by atoms with Gasteiger partial charge in [0.25, 0.3) is 0 Å². The van der Waals surface area contributed by atoms with E-state index in [0.29, 0.717) is 6.04 Å². The van der Waals surface area contributed by atoms with Crippen molar-refractivity contribution in [3.05, 3.63) is 0 Å². The molecule has 0 bridgehead atoms. The molecule has 0 fully saturated rings. The van der Waals surface area contributed by atoms with Crippen molar-refractivity contribution in [3.8, 4) is 0 Å². The summed E-state index contributed by atoms with van der Waals surface area (Å²) >= 11 is 0. The molecule has 0 aromatic rings. The molecule has 1 N–H and O–H groups in total. The molecule has 0 spiro atoms. The van der Waals surface area contributed by atoms with E-state index in [-0.39, 0.29) is 0 Å². The number of rotatable bonds is 9. The van der Waals surface area contributed by atoms with Gasteiger partial charge in [-0.2, -0.15) is 0 Å². The van der Waals surface area contributed by atoms with Gasteiger partial charge >= 0.3 is 0 Å². The lowest BCUT2D eigenvalue weighted by molar-refractivity contribution is 0.240. The Balaban J connectivity index is 3.64. The molecule has 0 amide bonds. The standard InChI is InChI=1S/C13H30N2/c1-6-8-9-15(7-2)11-13(5)10-14-12(3)4/h12-14H,6-11H2,1-5H3. The maximum absolute atomic E-state index is 3.50. The van der Waals surface area contributed by atoms with Crippen LogP contribution in [0.4, 0.5) is 0 Å². The van der Waals surface area contributed by atoms with Gasteiger partial charge in [-0.05, 0) is 32.0 Å². The van der Waals surface area contributed by atoms with Gasteiger partial charge in [-0.1, -0.05) is 41.0 Å². The van der Waals surface area contributed by atoms with Crippen LogP contribution in [0.3, 0.4) is 0 Å². The second kappa shape index (κ2) is 9.17. The molecule has 15 heavy (non-hydrogen) atoms. The fourth-order valence-corrected chi connectivity index (χ4v) is 1.70. The van der Waals surface area contributed by atoms with Crippen LogP contribution in [0.2, 0.25) is 0 Å². The molecule has 0 heterocycles. The Kier molecular flexibility index (Phi) is 9.12. The summed E-state index contributed by atoms with van der Waals surface area (Å²) in [5.74, 6) is 0.754. The van der Waals surface area contributed by atoms with E-state index in [2.05, 4.69) is 44.8 Å². The summed E-state index contributed by atoms with van der Waals surface area (Å²) in [7, 11) is 0. The Bertz CT molecular complexity index is 134. The van der Waals surface area contributed by atoms with E-state index in [1.807, 2.05) is 0 Å². The number of hydrogen-bond acceptors (Lipinski definition) is 2. The fraction of sp³-hybridized carbons (Fsp3) is 1.00. The molecule has 0 saturated carbocycles. The third kappa shape index (κ3) is 8.88. The molecule has 2 nitrogen and oxygen atoms in total. The van der Waals surface area contributed by atoms with Crippen molar-refractivity contribution in [2.75, 3.05) is 26.2 Å². The predicted octanol–water partition coefficient (Wildman–Crippen LogP) is 2.74. The summed E-state index contributed by atoms with van der Waals surface area (Å²) in [6, 6.07) is 0.609. The first-order valence-electron chi connectivity index (χ1n) is 6.55. The zero-order valence-corrected chi connectivity index (χ0v) is 11.3. The van der Waals surface area contributed by atoms with Gasteiger partial charge in [-0.3, -0.25) is 0 Å². The molecular weight excluding hydrogens is 184 g/mol. The van der Waals surface area contributed by atoms with E-state index in [1.54, 1.807) is 0 Å². The van der Waals surface area contributed by atoms with Gasteiger partial charge in [0, 0.05) is 12.6 Å². The predicted molar refractivity (Wildman–Crippen MR) is 69.3 cm³/mol. The van der Waals surface area contributed by atoms with Crippen molar-refractivity contribution in [2.45, 2.75) is 53.5 Å². The monoisotopic (exact) mass is 214 g/mol. The second-order valence-electron chi connectivity index (χ2n) is 4.91. The van der Waals surface area contributed by atoms with Crippen LogP contribution >= 0.6 is 0 Å². The SMILES string of the molecule is CCCCN(CC)CC(C)CNC(C)C. The van der Waals surface area contributed by atoms with E-state index in [9.17, 15) is 0 Å². The van der Waals surface area contributed by atoms with Crippen LogP contribution in [-0.2, 0) is 0 Å². The van der Waals surface area contributed by atoms with Gasteiger partial charge in [0.15, 0.2) is 0 Å². The van der Waals surface area contributed by atoms with Crippen molar-refractivity contribution in [2.24, 2.45) is 5.92 Å². The van der Waals surface area contributed by atoms with Crippen molar-refractivity contribution >= 4 is 0 Å². The minimum absolute atomic E-state index is 0.609. The zero-order chi connectivity index (χ0) is 11.7. The maximum Gasteiger partial charge on any atom is 0.00190 e. The minimum Gasteiger partial charge on any atom is -0.314 e. The molecule has 0 rings (SSSR count). The topological polar surface area (TPSA) is 15.3 Å². The van der Waals surface area contributed by atoms with Gasteiger partial charge in [0.2, 0.25) is 0 Å². The van der Waals surface area contributed by atoms with Gasteiger partial charge in [0.1, 0.15) is 0 Å². The lowest BCUT2D eigenvalue weighted by atomic mass is 10.1. The largest absolute Gasteiger partial charge is 0.314 e. The number of nitrogens with zero attached hydrogens (tertiary/aromatic N) is 1. The van der Waals surface area contributed by atoms with Gasteiger partial charge < -0.3 is 10.2 Å². The van der Waals surface area contributed by atoms with Crippen LogP contribution in [0.5, 0.6) is 0 Å². The number of hydrogen-bond donors (Lipinski definition) is 1. The Morgan fingerprint density at radius 1 is 1.13 bits per heavy atom. The molecule has 0 aromatic carbocycles. The highest BCUT2D eigenvalue weighted by atomic mass is 15.1. The maximum atomic E-state index is 3.50. The molecule has 92 valence electrons. The van der Waals surface area contributed by atoms with E-state index >= 15 is 0 Å². The molecule has 1 unspecified atom stereocenters. The smallest absolute Gasteiger partial charge is 0.00190 e. The quantitative estimate of drug-likeness (QED) is 0.635. The zero-order valence-electron chi connectivity index (χ0n) is 11.3. The van der Waals surface area contributed by atoms with Crippen LogP contribution in [0.15, 0.2) is 0 Å². The van der Waals surface area contributed by atoms with Crippen LogP contribution in [-0.4, -0.2) is 37.1 Å². The molecule has 1 atom stereocenters. The third-order valence-corrected chi connectivity index (χ3v) is 2.72. The van der Waals surface area contributed by atoms with Crippen LogP contribution in [0.1, 0.15) is 47.5 Å². The first-order chi connectivity index (χ1) is 7.10.